The summed E-state index contributed by atoms with van der Waals surface area (Å²) in [6.45, 7) is 6.74. The molecule has 12 nitrogen and oxygen atoms in total. The average Bonchev–Trinajstić information content (AvgIpc) is 3.40. The molecule has 5 rings (SSSR count). The quantitative estimate of drug-likeness (QED) is 0.174. The fourth-order valence-corrected chi connectivity index (χ4v) is 4.68. The number of nitrogens with two attached hydrogens (primary N) is 1. The first-order valence-electron chi connectivity index (χ1n) is 12.7. The first-order valence-corrected chi connectivity index (χ1v) is 13.1. The summed E-state index contributed by atoms with van der Waals surface area (Å²) in [5.74, 6) is 0.605. The van der Waals surface area contributed by atoms with Crippen LogP contribution in [-0.4, -0.2) is 54.4 Å². The summed E-state index contributed by atoms with van der Waals surface area (Å²) in [7, 11) is 0. The van der Waals surface area contributed by atoms with Crippen molar-refractivity contribution >= 4 is 40.1 Å². The van der Waals surface area contributed by atoms with E-state index in [9.17, 15) is 14.9 Å². The molecule has 0 spiro atoms. The minimum absolute atomic E-state index is 0.0194. The monoisotopic (exact) mass is 565 g/mol. The Labute approximate surface area is 234 Å². The topological polar surface area (TPSA) is 152 Å². The molecule has 0 radical (unpaired) electrons. The van der Waals surface area contributed by atoms with Gasteiger partial charge in [-0.15, -0.1) is 0 Å². The number of nitro benzene ring substituents is 1. The molecule has 1 amide bonds. The van der Waals surface area contributed by atoms with Crippen molar-refractivity contribution in [3.63, 3.8) is 0 Å². The maximum Gasteiger partial charge on any atom is 0.410 e. The number of anilines is 1. The van der Waals surface area contributed by atoms with Gasteiger partial charge in [0.05, 0.1) is 34.6 Å². The Bertz CT molecular complexity index is 1590. The molecule has 0 saturated carbocycles. The van der Waals surface area contributed by atoms with Gasteiger partial charge >= 0.3 is 6.09 Å². The summed E-state index contributed by atoms with van der Waals surface area (Å²) < 4.78 is 13.2. The van der Waals surface area contributed by atoms with Crippen LogP contribution in [0, 0.1) is 10.1 Å². The number of ether oxygens (including phenoxy) is 2. The molecule has 1 saturated heterocycles. The highest BCUT2D eigenvalue weighted by Gasteiger charge is 2.28. The zero-order valence-electron chi connectivity index (χ0n) is 22.2. The number of hydrogen-bond donors (Lipinski definition) is 1. The van der Waals surface area contributed by atoms with Gasteiger partial charge in [0.15, 0.2) is 0 Å². The van der Waals surface area contributed by atoms with Gasteiger partial charge in [-0.05, 0) is 51.8 Å². The lowest BCUT2D eigenvalue weighted by Gasteiger charge is -2.33. The number of likely N-dealkylation sites (tertiary alicyclic amines) is 1. The van der Waals surface area contributed by atoms with Crippen molar-refractivity contribution in [3.8, 4) is 22.8 Å². The van der Waals surface area contributed by atoms with Crippen molar-refractivity contribution in [1.82, 2.24) is 24.6 Å². The average molecular weight is 566 g/mol. The highest BCUT2D eigenvalue weighted by Crippen LogP contribution is 2.37. The van der Waals surface area contributed by atoms with Gasteiger partial charge < -0.3 is 20.1 Å². The molecule has 2 aromatic heterocycles. The Morgan fingerprint density at radius 3 is 2.60 bits per heavy atom. The van der Waals surface area contributed by atoms with Gasteiger partial charge in [-0.1, -0.05) is 11.6 Å². The summed E-state index contributed by atoms with van der Waals surface area (Å²) in [6, 6.07) is 7.61. The van der Waals surface area contributed by atoms with Crippen LogP contribution in [0.25, 0.3) is 22.3 Å². The third kappa shape index (κ3) is 5.76. The van der Waals surface area contributed by atoms with Gasteiger partial charge in [0.2, 0.25) is 0 Å². The molecule has 4 aromatic rings. The Kier molecular flexibility index (Phi) is 7.19. The van der Waals surface area contributed by atoms with E-state index in [2.05, 4.69) is 10.1 Å². The smallest absolute Gasteiger partial charge is 0.410 e. The highest BCUT2D eigenvalue weighted by atomic mass is 35.5. The van der Waals surface area contributed by atoms with Crippen molar-refractivity contribution in [2.45, 2.75) is 45.3 Å². The van der Waals surface area contributed by atoms with Crippen LogP contribution in [0.2, 0.25) is 5.02 Å². The second-order valence-electron chi connectivity index (χ2n) is 10.5. The molecule has 1 fully saturated rings. The number of carbonyl (C=O) groups is 1. The highest BCUT2D eigenvalue weighted by molar-refractivity contribution is 6.36. The van der Waals surface area contributed by atoms with Crippen LogP contribution in [0.5, 0.6) is 11.5 Å². The minimum Gasteiger partial charge on any atom is -0.456 e. The second kappa shape index (κ2) is 10.6. The SMILES string of the molecule is CC(C)(C)OC(=O)N1CCC(n2cc(-c3cnc4ccc(Oc5ccc([N+](=O)[O-])c(N)c5)c(Cl)c4n3)cn2)CC1. The molecule has 1 aliphatic heterocycles. The van der Waals surface area contributed by atoms with E-state index in [0.717, 1.165) is 18.4 Å². The Morgan fingerprint density at radius 1 is 1.18 bits per heavy atom. The number of halogens is 1. The number of hydrogen-bond acceptors (Lipinski definition) is 9. The molecule has 0 unspecified atom stereocenters. The zero-order valence-corrected chi connectivity index (χ0v) is 23.0. The molecular formula is C27H28ClN7O5. The van der Waals surface area contributed by atoms with E-state index < -0.39 is 10.5 Å². The van der Waals surface area contributed by atoms with Crippen molar-refractivity contribution in [2.24, 2.45) is 0 Å². The number of fused-ring (bicyclic) bond motifs is 1. The molecule has 3 heterocycles. The lowest BCUT2D eigenvalue weighted by Crippen LogP contribution is -2.42. The molecule has 2 aromatic carbocycles. The van der Waals surface area contributed by atoms with Crippen molar-refractivity contribution in [1.29, 1.82) is 0 Å². The van der Waals surface area contributed by atoms with E-state index >= 15 is 0 Å². The van der Waals surface area contributed by atoms with Crippen molar-refractivity contribution in [2.75, 3.05) is 18.8 Å². The Hall–Kier alpha value is -4.45. The lowest BCUT2D eigenvalue weighted by atomic mass is 10.1. The Morgan fingerprint density at radius 2 is 1.93 bits per heavy atom. The van der Waals surface area contributed by atoms with E-state index in [-0.39, 0.29) is 28.5 Å². The Balaban J connectivity index is 1.32. The third-order valence-electron chi connectivity index (χ3n) is 6.43. The van der Waals surface area contributed by atoms with Crippen LogP contribution in [0.4, 0.5) is 16.2 Å². The van der Waals surface area contributed by atoms with Crippen LogP contribution in [0.15, 0.2) is 48.9 Å². The number of carbonyl (C=O) groups excluding carboxylic acids is 1. The number of piperidine rings is 1. The number of benzene rings is 2. The predicted octanol–water partition coefficient (Wildman–Crippen LogP) is 6.00. The van der Waals surface area contributed by atoms with Gasteiger partial charge in [-0.3, -0.25) is 19.8 Å². The number of nitrogen functional groups attached to an aromatic ring is 1. The fraction of sp³-hybridized carbons (Fsp3) is 0.333. The molecule has 0 aliphatic carbocycles. The maximum atomic E-state index is 12.4. The molecule has 40 heavy (non-hydrogen) atoms. The van der Waals surface area contributed by atoms with Crippen LogP contribution in [0.3, 0.4) is 0 Å². The van der Waals surface area contributed by atoms with E-state index in [4.69, 9.17) is 31.8 Å². The van der Waals surface area contributed by atoms with Gasteiger partial charge in [0, 0.05) is 37.0 Å². The summed E-state index contributed by atoms with van der Waals surface area (Å²) in [4.78, 5) is 33.8. The molecule has 13 heteroatoms. The van der Waals surface area contributed by atoms with Gasteiger partial charge in [-0.25, -0.2) is 9.78 Å². The number of aromatic nitrogens is 4. The van der Waals surface area contributed by atoms with Crippen LogP contribution >= 0.6 is 11.6 Å². The maximum absolute atomic E-state index is 12.4. The minimum atomic E-state index is -0.561. The van der Waals surface area contributed by atoms with Gasteiger partial charge in [0.1, 0.15) is 33.3 Å². The fourth-order valence-electron chi connectivity index (χ4n) is 4.44. The lowest BCUT2D eigenvalue weighted by molar-refractivity contribution is -0.383. The largest absolute Gasteiger partial charge is 0.456 e. The molecule has 2 N–H and O–H groups in total. The second-order valence-corrected chi connectivity index (χ2v) is 10.9. The van der Waals surface area contributed by atoms with E-state index in [1.165, 1.54) is 18.2 Å². The number of nitrogens with zero attached hydrogens (tertiary/aromatic N) is 6. The first kappa shape index (κ1) is 27.1. The summed E-state index contributed by atoms with van der Waals surface area (Å²) in [6.07, 6.45) is 6.51. The molecule has 0 atom stereocenters. The summed E-state index contributed by atoms with van der Waals surface area (Å²) >= 11 is 6.65. The zero-order chi connectivity index (χ0) is 28.6. The van der Waals surface area contributed by atoms with E-state index in [1.54, 1.807) is 29.4 Å². The molecule has 1 aliphatic rings. The first-order chi connectivity index (χ1) is 19.0. The summed E-state index contributed by atoms with van der Waals surface area (Å²) in [5.41, 5.74) is 7.39. The van der Waals surface area contributed by atoms with Crippen molar-refractivity contribution < 1.29 is 19.2 Å². The molecule has 0 bridgehead atoms. The van der Waals surface area contributed by atoms with E-state index in [0.29, 0.717) is 41.3 Å². The van der Waals surface area contributed by atoms with Crippen molar-refractivity contribution in [3.05, 3.63) is 64.1 Å². The van der Waals surface area contributed by atoms with Crippen LogP contribution < -0.4 is 10.5 Å². The predicted molar refractivity (Wildman–Crippen MR) is 149 cm³/mol. The molecule has 208 valence electrons. The number of nitro groups is 1. The number of rotatable bonds is 5. The van der Waals surface area contributed by atoms with Crippen LogP contribution in [0.1, 0.15) is 39.7 Å². The summed E-state index contributed by atoms with van der Waals surface area (Å²) in [5, 5.41) is 15.8. The molecular weight excluding hydrogens is 538 g/mol. The van der Waals surface area contributed by atoms with Gasteiger partial charge in [-0.2, -0.15) is 5.10 Å². The van der Waals surface area contributed by atoms with Crippen LogP contribution in [-0.2, 0) is 4.74 Å². The normalized spacial score (nSPS) is 14.3. The number of amides is 1. The third-order valence-corrected chi connectivity index (χ3v) is 6.79. The van der Waals surface area contributed by atoms with E-state index in [1.807, 2.05) is 31.6 Å². The standard InChI is InChI=1S/C27H28ClN7O5/c1-27(2,3)40-26(36)33-10-8-17(9-11-33)34-15-16(13-31-34)21-14-30-20-5-7-23(24(28)25(20)32-21)39-18-4-6-22(35(37)38)19(29)12-18/h4-7,12-15,17H,8-11,29H2,1-3H3. The van der Waals surface area contributed by atoms with Gasteiger partial charge in [0.25, 0.3) is 5.69 Å².